The molecule has 2 rings (SSSR count). The summed E-state index contributed by atoms with van der Waals surface area (Å²) in [6.07, 6.45) is 1.70. The van der Waals surface area contributed by atoms with Crippen molar-refractivity contribution in [3.8, 4) is 16.3 Å². The van der Waals surface area contributed by atoms with Crippen LogP contribution in [0.3, 0.4) is 0 Å². The van der Waals surface area contributed by atoms with Crippen molar-refractivity contribution < 1.29 is 9.13 Å². The zero-order chi connectivity index (χ0) is 13.0. The number of aromatic nitrogens is 2. The lowest BCUT2D eigenvalue weighted by Gasteiger charge is -2.02. The molecule has 18 heavy (non-hydrogen) atoms. The molecule has 0 aliphatic heterocycles. The van der Waals surface area contributed by atoms with E-state index in [9.17, 15) is 4.39 Å². The molecule has 0 aliphatic carbocycles. The summed E-state index contributed by atoms with van der Waals surface area (Å²) in [6.45, 7) is 0. The van der Waals surface area contributed by atoms with Gasteiger partial charge in [0.25, 0.3) is 0 Å². The highest BCUT2D eigenvalue weighted by Gasteiger charge is 2.10. The molecule has 0 aliphatic rings. The quantitative estimate of drug-likeness (QED) is 0.789. The standard InChI is InChI=1S/C12H12ClFN2OS/c1-17-10-7-8(4-5-9(10)14)12-16-15-11(18-12)3-2-6-13/h4-5,7H,2-3,6H2,1H3. The van der Waals surface area contributed by atoms with Crippen molar-refractivity contribution in [1.82, 2.24) is 10.2 Å². The maximum Gasteiger partial charge on any atom is 0.165 e. The van der Waals surface area contributed by atoms with Crippen molar-refractivity contribution >= 4 is 22.9 Å². The first kappa shape index (κ1) is 13.2. The van der Waals surface area contributed by atoms with Crippen LogP contribution in [0.15, 0.2) is 18.2 Å². The zero-order valence-corrected chi connectivity index (χ0v) is 11.4. The Labute approximate surface area is 114 Å². The molecule has 3 nitrogen and oxygen atoms in total. The van der Waals surface area contributed by atoms with Gasteiger partial charge < -0.3 is 4.74 Å². The fraction of sp³-hybridized carbons (Fsp3) is 0.333. The first-order chi connectivity index (χ1) is 8.74. The third-order valence-electron chi connectivity index (χ3n) is 2.39. The largest absolute Gasteiger partial charge is 0.494 e. The number of nitrogens with zero attached hydrogens (tertiary/aromatic N) is 2. The molecule has 2 aromatic rings. The van der Waals surface area contributed by atoms with Crippen LogP contribution in [0.1, 0.15) is 11.4 Å². The number of aryl methyl sites for hydroxylation is 1. The summed E-state index contributed by atoms with van der Waals surface area (Å²) < 4.78 is 18.2. The molecule has 0 spiro atoms. The second-order valence-electron chi connectivity index (χ2n) is 3.64. The van der Waals surface area contributed by atoms with Gasteiger partial charge in [0.2, 0.25) is 0 Å². The molecule has 0 bridgehead atoms. The van der Waals surface area contributed by atoms with Crippen LogP contribution in [-0.4, -0.2) is 23.2 Å². The predicted octanol–water partition coefficient (Wildman–Crippen LogP) is 3.52. The Bertz CT molecular complexity index is 533. The second-order valence-corrected chi connectivity index (χ2v) is 5.08. The molecule has 0 N–H and O–H groups in total. The van der Waals surface area contributed by atoms with Gasteiger partial charge in [0.05, 0.1) is 7.11 Å². The highest BCUT2D eigenvalue weighted by molar-refractivity contribution is 7.14. The Balaban J connectivity index is 2.23. The monoisotopic (exact) mass is 286 g/mol. The number of benzene rings is 1. The van der Waals surface area contributed by atoms with E-state index in [4.69, 9.17) is 16.3 Å². The lowest BCUT2D eigenvalue weighted by Crippen LogP contribution is -1.88. The molecule has 0 atom stereocenters. The fourth-order valence-corrected chi connectivity index (χ4v) is 2.49. The minimum Gasteiger partial charge on any atom is -0.494 e. The van der Waals surface area contributed by atoms with Crippen LogP contribution in [0.5, 0.6) is 5.75 Å². The van der Waals surface area contributed by atoms with Crippen molar-refractivity contribution in [3.63, 3.8) is 0 Å². The molecule has 1 heterocycles. The Morgan fingerprint density at radius 1 is 1.39 bits per heavy atom. The Kier molecular flexibility index (Phi) is 4.49. The summed E-state index contributed by atoms with van der Waals surface area (Å²) in [4.78, 5) is 0. The van der Waals surface area contributed by atoms with Gasteiger partial charge in [-0.3, -0.25) is 0 Å². The minimum absolute atomic E-state index is 0.213. The smallest absolute Gasteiger partial charge is 0.165 e. The Morgan fingerprint density at radius 3 is 2.94 bits per heavy atom. The molecule has 1 aromatic carbocycles. The SMILES string of the molecule is COc1cc(-c2nnc(CCCCl)s2)ccc1F. The van der Waals surface area contributed by atoms with Crippen molar-refractivity contribution in [2.75, 3.05) is 13.0 Å². The zero-order valence-electron chi connectivity index (χ0n) is 9.82. The van der Waals surface area contributed by atoms with E-state index in [0.29, 0.717) is 5.88 Å². The normalized spacial score (nSPS) is 10.6. The molecular formula is C12H12ClFN2OS. The van der Waals surface area contributed by atoms with E-state index >= 15 is 0 Å². The summed E-state index contributed by atoms with van der Waals surface area (Å²) in [7, 11) is 1.44. The maximum absolute atomic E-state index is 13.3. The number of rotatable bonds is 5. The second kappa shape index (κ2) is 6.11. The molecule has 6 heteroatoms. The molecule has 0 saturated heterocycles. The maximum atomic E-state index is 13.3. The van der Waals surface area contributed by atoms with E-state index in [2.05, 4.69) is 10.2 Å². The summed E-state index contributed by atoms with van der Waals surface area (Å²) in [5.74, 6) is 0.442. The van der Waals surface area contributed by atoms with Gasteiger partial charge in [0.1, 0.15) is 10.0 Å². The van der Waals surface area contributed by atoms with Gasteiger partial charge in [-0.2, -0.15) is 0 Å². The number of ether oxygens (including phenoxy) is 1. The number of alkyl halides is 1. The van der Waals surface area contributed by atoms with Crippen molar-refractivity contribution in [2.24, 2.45) is 0 Å². The van der Waals surface area contributed by atoms with Crippen LogP contribution in [-0.2, 0) is 6.42 Å². The van der Waals surface area contributed by atoms with Crippen molar-refractivity contribution in [3.05, 3.63) is 29.0 Å². The van der Waals surface area contributed by atoms with E-state index in [1.54, 1.807) is 12.1 Å². The van der Waals surface area contributed by atoms with Crippen LogP contribution in [0, 0.1) is 5.82 Å². The minimum atomic E-state index is -0.381. The van der Waals surface area contributed by atoms with E-state index in [1.807, 2.05) is 0 Å². The van der Waals surface area contributed by atoms with Gasteiger partial charge in [-0.05, 0) is 24.6 Å². The molecular weight excluding hydrogens is 275 g/mol. The molecule has 0 amide bonds. The highest BCUT2D eigenvalue weighted by atomic mass is 35.5. The van der Waals surface area contributed by atoms with Gasteiger partial charge >= 0.3 is 0 Å². The lowest BCUT2D eigenvalue weighted by molar-refractivity contribution is 0.387. The Morgan fingerprint density at radius 2 is 2.22 bits per heavy atom. The molecule has 0 fully saturated rings. The van der Waals surface area contributed by atoms with Crippen LogP contribution in [0.4, 0.5) is 4.39 Å². The first-order valence-electron chi connectivity index (χ1n) is 5.47. The van der Waals surface area contributed by atoms with E-state index in [-0.39, 0.29) is 11.6 Å². The molecule has 0 unspecified atom stereocenters. The predicted molar refractivity (Wildman–Crippen MR) is 70.9 cm³/mol. The topological polar surface area (TPSA) is 35.0 Å². The van der Waals surface area contributed by atoms with Gasteiger partial charge in [-0.1, -0.05) is 11.3 Å². The Hall–Kier alpha value is -1.20. The fourth-order valence-electron chi connectivity index (χ4n) is 1.48. The number of hydrogen-bond donors (Lipinski definition) is 0. The van der Waals surface area contributed by atoms with E-state index < -0.39 is 0 Å². The van der Waals surface area contributed by atoms with Gasteiger partial charge in [-0.25, -0.2) is 4.39 Å². The third kappa shape index (κ3) is 2.97. The highest BCUT2D eigenvalue weighted by Crippen LogP contribution is 2.28. The lowest BCUT2D eigenvalue weighted by atomic mass is 10.2. The summed E-state index contributed by atoms with van der Waals surface area (Å²) in [5, 5.41) is 9.88. The first-order valence-corrected chi connectivity index (χ1v) is 6.82. The van der Waals surface area contributed by atoms with E-state index in [0.717, 1.165) is 28.4 Å². The van der Waals surface area contributed by atoms with Crippen molar-refractivity contribution in [2.45, 2.75) is 12.8 Å². The summed E-state index contributed by atoms with van der Waals surface area (Å²) in [6, 6.07) is 4.67. The van der Waals surface area contributed by atoms with E-state index in [1.165, 1.54) is 24.5 Å². The average molecular weight is 287 g/mol. The van der Waals surface area contributed by atoms with Crippen LogP contribution < -0.4 is 4.74 Å². The average Bonchev–Trinajstić information content (AvgIpc) is 2.85. The molecule has 0 radical (unpaired) electrons. The van der Waals surface area contributed by atoms with Crippen LogP contribution in [0.25, 0.3) is 10.6 Å². The number of hydrogen-bond acceptors (Lipinski definition) is 4. The van der Waals surface area contributed by atoms with Crippen LogP contribution in [0.2, 0.25) is 0 Å². The number of halogens is 2. The van der Waals surface area contributed by atoms with Crippen LogP contribution >= 0.6 is 22.9 Å². The molecule has 96 valence electrons. The van der Waals surface area contributed by atoms with Gasteiger partial charge in [-0.15, -0.1) is 21.8 Å². The molecule has 1 aromatic heterocycles. The summed E-state index contributed by atoms with van der Waals surface area (Å²) >= 11 is 7.12. The van der Waals surface area contributed by atoms with Crippen molar-refractivity contribution in [1.29, 1.82) is 0 Å². The summed E-state index contributed by atoms with van der Waals surface area (Å²) in [5.41, 5.74) is 0.808. The number of methoxy groups -OCH3 is 1. The van der Waals surface area contributed by atoms with Gasteiger partial charge in [0.15, 0.2) is 11.6 Å². The van der Waals surface area contributed by atoms with Gasteiger partial charge in [0, 0.05) is 17.9 Å². The third-order valence-corrected chi connectivity index (χ3v) is 3.69. The molecule has 0 saturated carbocycles.